The Morgan fingerprint density at radius 1 is 0.850 bits per heavy atom. The summed E-state index contributed by atoms with van der Waals surface area (Å²) in [6.07, 6.45) is 1.70. The van der Waals surface area contributed by atoms with E-state index in [0.29, 0.717) is 21.7 Å². The molecule has 1 N–H and O–H groups in total. The zero-order valence-electron chi connectivity index (χ0n) is 10.4. The largest absolute Gasteiger partial charge is 0.288 e. The molecule has 2 amide bonds. The highest BCUT2D eigenvalue weighted by Crippen LogP contribution is 2.27. The van der Waals surface area contributed by atoms with Crippen molar-refractivity contribution in [3.05, 3.63) is 70.2 Å². The summed E-state index contributed by atoms with van der Waals surface area (Å²) in [6.45, 7) is 0. The van der Waals surface area contributed by atoms with Gasteiger partial charge in [-0.05, 0) is 29.3 Å². The van der Waals surface area contributed by atoms with Crippen molar-refractivity contribution >= 4 is 35.1 Å². The molecule has 0 radical (unpaired) electrons. The summed E-state index contributed by atoms with van der Waals surface area (Å²) < 4.78 is 0. The van der Waals surface area contributed by atoms with Crippen molar-refractivity contribution in [3.8, 4) is 0 Å². The van der Waals surface area contributed by atoms with Crippen molar-refractivity contribution in [3.63, 3.8) is 0 Å². The average Bonchev–Trinajstić information content (AvgIpc) is 2.45. The van der Waals surface area contributed by atoms with Crippen molar-refractivity contribution in [1.82, 2.24) is 5.32 Å². The summed E-state index contributed by atoms with van der Waals surface area (Å²) in [7, 11) is 0. The van der Waals surface area contributed by atoms with E-state index in [0.717, 1.165) is 5.56 Å². The average molecular weight is 284 g/mol. The molecule has 0 saturated heterocycles. The van der Waals surface area contributed by atoms with E-state index >= 15 is 0 Å². The van der Waals surface area contributed by atoms with Crippen molar-refractivity contribution in [2.24, 2.45) is 0 Å². The van der Waals surface area contributed by atoms with Crippen LogP contribution in [-0.2, 0) is 4.79 Å². The Morgan fingerprint density at radius 3 is 2.25 bits per heavy atom. The summed E-state index contributed by atoms with van der Waals surface area (Å²) in [6, 6.07) is 14.3. The Balaban J connectivity index is 2.19. The molecule has 98 valence electrons. The van der Waals surface area contributed by atoms with Gasteiger partial charge in [0.05, 0.1) is 0 Å². The maximum atomic E-state index is 12.0. The van der Waals surface area contributed by atoms with Crippen LogP contribution in [0.4, 0.5) is 0 Å². The summed E-state index contributed by atoms with van der Waals surface area (Å²) in [5.74, 6) is -0.782. The molecule has 4 heteroatoms. The Kier molecular flexibility index (Phi) is 3.12. The van der Waals surface area contributed by atoms with E-state index in [9.17, 15) is 9.59 Å². The molecule has 20 heavy (non-hydrogen) atoms. The van der Waals surface area contributed by atoms with Gasteiger partial charge in [-0.25, -0.2) is 0 Å². The van der Waals surface area contributed by atoms with Crippen LogP contribution in [0.2, 0.25) is 5.02 Å². The fraction of sp³-hybridized carbons (Fsp3) is 0. The standard InChI is InChI=1S/C16H10ClNO2/c17-14-8-4-1-5-10(14)9-13-11-6-2-3-7-12(11)15(19)18-16(13)20/h1-9H,(H,18,19,20)/b13-9-. The summed E-state index contributed by atoms with van der Waals surface area (Å²) in [5, 5.41) is 2.89. The van der Waals surface area contributed by atoms with Crippen LogP contribution < -0.4 is 5.32 Å². The van der Waals surface area contributed by atoms with Gasteiger partial charge in [-0.15, -0.1) is 0 Å². The molecule has 0 unspecified atom stereocenters. The zero-order chi connectivity index (χ0) is 14.1. The van der Waals surface area contributed by atoms with Crippen molar-refractivity contribution in [2.45, 2.75) is 0 Å². The van der Waals surface area contributed by atoms with Gasteiger partial charge in [-0.3, -0.25) is 14.9 Å². The van der Waals surface area contributed by atoms with Crippen LogP contribution in [0.1, 0.15) is 21.5 Å². The van der Waals surface area contributed by atoms with E-state index in [1.807, 2.05) is 18.2 Å². The monoisotopic (exact) mass is 283 g/mol. The lowest BCUT2D eigenvalue weighted by Gasteiger charge is -2.18. The van der Waals surface area contributed by atoms with Crippen LogP contribution in [0.15, 0.2) is 48.5 Å². The van der Waals surface area contributed by atoms with Gasteiger partial charge in [0, 0.05) is 16.2 Å². The lowest BCUT2D eigenvalue weighted by molar-refractivity contribution is -0.114. The first-order chi connectivity index (χ1) is 9.66. The number of halogens is 1. The van der Waals surface area contributed by atoms with Crippen LogP contribution in [-0.4, -0.2) is 11.8 Å². The zero-order valence-corrected chi connectivity index (χ0v) is 11.1. The number of hydrogen-bond donors (Lipinski definition) is 1. The molecule has 0 aliphatic carbocycles. The number of carbonyl (C=O) groups excluding carboxylic acids is 2. The molecule has 0 atom stereocenters. The molecular formula is C16H10ClNO2. The third-order valence-electron chi connectivity index (χ3n) is 3.14. The number of benzene rings is 2. The fourth-order valence-corrected chi connectivity index (χ4v) is 2.36. The van der Waals surface area contributed by atoms with Crippen LogP contribution >= 0.6 is 11.6 Å². The second kappa shape index (κ2) is 4.94. The first kappa shape index (κ1) is 12.6. The minimum Gasteiger partial charge on any atom is -0.288 e. The van der Waals surface area contributed by atoms with E-state index in [2.05, 4.69) is 5.32 Å². The van der Waals surface area contributed by atoms with E-state index < -0.39 is 5.91 Å². The molecular weight excluding hydrogens is 274 g/mol. The van der Waals surface area contributed by atoms with Crippen molar-refractivity contribution in [2.75, 3.05) is 0 Å². The number of fused-ring (bicyclic) bond motifs is 1. The minimum absolute atomic E-state index is 0.373. The van der Waals surface area contributed by atoms with Gasteiger partial charge >= 0.3 is 0 Å². The van der Waals surface area contributed by atoms with Gasteiger partial charge in [-0.1, -0.05) is 48.0 Å². The number of rotatable bonds is 1. The van der Waals surface area contributed by atoms with E-state index in [1.165, 1.54) is 0 Å². The number of imide groups is 1. The highest BCUT2D eigenvalue weighted by molar-refractivity contribution is 6.36. The Labute approximate surface area is 120 Å². The van der Waals surface area contributed by atoms with Crippen molar-refractivity contribution < 1.29 is 9.59 Å². The molecule has 2 aromatic rings. The van der Waals surface area contributed by atoms with Gasteiger partial charge in [0.1, 0.15) is 0 Å². The lowest BCUT2D eigenvalue weighted by Crippen LogP contribution is -2.36. The van der Waals surface area contributed by atoms with Crippen LogP contribution in [0.25, 0.3) is 11.6 Å². The van der Waals surface area contributed by atoms with Gasteiger partial charge in [-0.2, -0.15) is 0 Å². The van der Waals surface area contributed by atoms with E-state index in [-0.39, 0.29) is 5.91 Å². The van der Waals surface area contributed by atoms with Gasteiger partial charge < -0.3 is 0 Å². The quantitative estimate of drug-likeness (QED) is 0.645. The minimum atomic E-state index is -0.409. The molecule has 1 aliphatic heterocycles. The normalized spacial score (nSPS) is 15.9. The van der Waals surface area contributed by atoms with E-state index in [1.54, 1.807) is 36.4 Å². The third-order valence-corrected chi connectivity index (χ3v) is 3.48. The Hall–Kier alpha value is -2.39. The van der Waals surface area contributed by atoms with Crippen LogP contribution in [0.3, 0.4) is 0 Å². The molecule has 1 aliphatic rings. The second-order valence-corrected chi connectivity index (χ2v) is 4.82. The maximum Gasteiger partial charge on any atom is 0.258 e. The summed E-state index contributed by atoms with van der Waals surface area (Å²) in [4.78, 5) is 23.8. The van der Waals surface area contributed by atoms with Crippen molar-refractivity contribution in [1.29, 1.82) is 0 Å². The molecule has 3 nitrogen and oxygen atoms in total. The molecule has 0 aromatic heterocycles. The van der Waals surface area contributed by atoms with E-state index in [4.69, 9.17) is 11.6 Å². The van der Waals surface area contributed by atoms with Gasteiger partial charge in [0.15, 0.2) is 0 Å². The maximum absolute atomic E-state index is 12.0. The second-order valence-electron chi connectivity index (χ2n) is 4.41. The Bertz CT molecular complexity index is 750. The SMILES string of the molecule is O=C1NC(=O)c2ccccc2/C1=C/c1ccccc1Cl. The fourth-order valence-electron chi connectivity index (χ4n) is 2.17. The van der Waals surface area contributed by atoms with Gasteiger partial charge in [0.25, 0.3) is 11.8 Å². The van der Waals surface area contributed by atoms with Crippen LogP contribution in [0.5, 0.6) is 0 Å². The lowest BCUT2D eigenvalue weighted by atomic mass is 9.93. The van der Waals surface area contributed by atoms with Crippen LogP contribution in [0, 0.1) is 0 Å². The first-order valence-electron chi connectivity index (χ1n) is 6.08. The molecule has 1 heterocycles. The number of amides is 2. The van der Waals surface area contributed by atoms with Gasteiger partial charge in [0.2, 0.25) is 0 Å². The highest BCUT2D eigenvalue weighted by atomic mass is 35.5. The highest BCUT2D eigenvalue weighted by Gasteiger charge is 2.26. The third kappa shape index (κ3) is 2.12. The number of hydrogen-bond acceptors (Lipinski definition) is 2. The predicted octanol–water partition coefficient (Wildman–Crippen LogP) is 3.15. The molecule has 0 spiro atoms. The molecule has 2 aromatic carbocycles. The number of carbonyl (C=O) groups is 2. The molecule has 0 fully saturated rings. The molecule has 0 bridgehead atoms. The summed E-state index contributed by atoms with van der Waals surface area (Å²) in [5.41, 5.74) is 2.29. The Morgan fingerprint density at radius 2 is 1.50 bits per heavy atom. The molecule has 3 rings (SSSR count). The smallest absolute Gasteiger partial charge is 0.258 e. The topological polar surface area (TPSA) is 46.2 Å². The number of nitrogens with one attached hydrogen (secondary N) is 1. The summed E-state index contributed by atoms with van der Waals surface area (Å²) >= 11 is 6.10. The molecule has 0 saturated carbocycles. The predicted molar refractivity (Wildman–Crippen MR) is 78.2 cm³/mol. The first-order valence-corrected chi connectivity index (χ1v) is 6.46.